The van der Waals surface area contributed by atoms with E-state index >= 15 is 0 Å². The van der Waals surface area contributed by atoms with Crippen molar-refractivity contribution in [1.82, 2.24) is 0 Å². The van der Waals surface area contributed by atoms with E-state index in [-0.39, 0.29) is 5.56 Å². The van der Waals surface area contributed by atoms with E-state index in [1.165, 1.54) is 11.6 Å². The minimum Gasteiger partial charge on any atom is -0.366 e. The molecule has 0 aliphatic carbocycles. The van der Waals surface area contributed by atoms with Gasteiger partial charge in [-0.2, -0.15) is 5.26 Å². The van der Waals surface area contributed by atoms with E-state index < -0.39 is 5.82 Å². The summed E-state index contributed by atoms with van der Waals surface area (Å²) < 4.78 is 13.4. The molecule has 3 heteroatoms. The van der Waals surface area contributed by atoms with Gasteiger partial charge in [0.05, 0.1) is 5.69 Å². The molecule has 0 fully saturated rings. The van der Waals surface area contributed by atoms with E-state index in [1.54, 1.807) is 12.1 Å². The maximum absolute atomic E-state index is 13.4. The largest absolute Gasteiger partial charge is 0.366 e. The van der Waals surface area contributed by atoms with E-state index in [0.29, 0.717) is 5.69 Å². The lowest BCUT2D eigenvalue weighted by atomic mass is 10.1. The van der Waals surface area contributed by atoms with Gasteiger partial charge in [-0.15, -0.1) is 0 Å². The van der Waals surface area contributed by atoms with Crippen molar-refractivity contribution >= 4 is 5.69 Å². The molecule has 0 aromatic heterocycles. The number of hydrogen-bond acceptors (Lipinski definition) is 2. The fourth-order valence-electron chi connectivity index (χ4n) is 2.00. The van der Waals surface area contributed by atoms with Gasteiger partial charge in [0.1, 0.15) is 17.4 Å². The van der Waals surface area contributed by atoms with Crippen LogP contribution in [0.15, 0.2) is 29.8 Å². The molecular weight excluding hydrogens is 203 g/mol. The van der Waals surface area contributed by atoms with Gasteiger partial charge in [-0.25, -0.2) is 4.39 Å². The van der Waals surface area contributed by atoms with Crippen LogP contribution < -0.4 is 4.90 Å². The molecule has 0 spiro atoms. The summed E-state index contributed by atoms with van der Waals surface area (Å²) in [6.45, 7) is 3.67. The minimum absolute atomic E-state index is 0.150. The van der Waals surface area contributed by atoms with Gasteiger partial charge in [0.15, 0.2) is 0 Å². The Balaban J connectivity index is 2.38. The Morgan fingerprint density at radius 1 is 1.44 bits per heavy atom. The van der Waals surface area contributed by atoms with Crippen molar-refractivity contribution in [2.45, 2.75) is 13.3 Å². The van der Waals surface area contributed by atoms with Crippen LogP contribution in [0.25, 0.3) is 0 Å². The molecule has 0 saturated carbocycles. The summed E-state index contributed by atoms with van der Waals surface area (Å²) in [5, 5.41) is 8.96. The van der Waals surface area contributed by atoms with Crippen LogP contribution in [-0.2, 0) is 0 Å². The van der Waals surface area contributed by atoms with Gasteiger partial charge >= 0.3 is 0 Å². The average Bonchev–Trinajstić information content (AvgIpc) is 2.28. The van der Waals surface area contributed by atoms with Gasteiger partial charge < -0.3 is 4.90 Å². The van der Waals surface area contributed by atoms with Crippen molar-refractivity contribution in [1.29, 1.82) is 5.26 Å². The van der Waals surface area contributed by atoms with Gasteiger partial charge in [-0.1, -0.05) is 17.7 Å². The Morgan fingerprint density at radius 2 is 2.25 bits per heavy atom. The van der Waals surface area contributed by atoms with E-state index in [9.17, 15) is 4.39 Å². The Bertz CT molecular complexity index is 471. The molecule has 82 valence electrons. The Kier molecular flexibility index (Phi) is 2.91. The number of benzene rings is 1. The second kappa shape index (κ2) is 4.36. The summed E-state index contributed by atoms with van der Waals surface area (Å²) in [5.74, 6) is -0.438. The lowest BCUT2D eigenvalue weighted by Gasteiger charge is -2.29. The summed E-state index contributed by atoms with van der Waals surface area (Å²) in [5.41, 5.74) is 2.12. The van der Waals surface area contributed by atoms with Crippen LogP contribution in [0.3, 0.4) is 0 Å². The Hall–Kier alpha value is -1.82. The van der Waals surface area contributed by atoms with Crippen LogP contribution in [0.4, 0.5) is 10.1 Å². The molecule has 16 heavy (non-hydrogen) atoms. The second-order valence-corrected chi connectivity index (χ2v) is 4.01. The first-order chi connectivity index (χ1) is 7.72. The first-order valence-corrected chi connectivity index (χ1v) is 5.31. The molecule has 0 bridgehead atoms. The maximum Gasteiger partial charge on any atom is 0.143 e. The highest BCUT2D eigenvalue weighted by atomic mass is 19.1. The van der Waals surface area contributed by atoms with E-state index in [1.807, 2.05) is 6.07 Å². The number of rotatable bonds is 1. The molecule has 2 rings (SSSR count). The molecule has 0 amide bonds. The molecule has 0 atom stereocenters. The summed E-state index contributed by atoms with van der Waals surface area (Å²) in [7, 11) is 0. The first-order valence-electron chi connectivity index (χ1n) is 5.31. The van der Waals surface area contributed by atoms with Crippen LogP contribution in [0.5, 0.6) is 0 Å². The lowest BCUT2D eigenvalue weighted by molar-refractivity contribution is 0.622. The highest BCUT2D eigenvalue weighted by molar-refractivity contribution is 5.60. The van der Waals surface area contributed by atoms with Crippen LogP contribution >= 0.6 is 0 Å². The van der Waals surface area contributed by atoms with E-state index in [0.717, 1.165) is 19.5 Å². The smallest absolute Gasteiger partial charge is 0.143 e. The van der Waals surface area contributed by atoms with Crippen LogP contribution in [0.1, 0.15) is 18.9 Å². The average molecular weight is 216 g/mol. The molecule has 1 aromatic rings. The molecule has 1 aromatic carbocycles. The van der Waals surface area contributed by atoms with E-state index in [4.69, 9.17) is 5.26 Å². The number of nitrogens with zero attached hydrogens (tertiary/aromatic N) is 2. The summed E-state index contributed by atoms with van der Waals surface area (Å²) >= 11 is 0. The van der Waals surface area contributed by atoms with Gasteiger partial charge in [0.25, 0.3) is 0 Å². The third kappa shape index (κ3) is 1.92. The SMILES string of the molecule is CC1=CCCN(c2cccc(F)c2C#N)C1. The highest BCUT2D eigenvalue weighted by Crippen LogP contribution is 2.25. The molecular formula is C13H13FN2. The quantitative estimate of drug-likeness (QED) is 0.675. The standard InChI is InChI=1S/C13H13FN2/c1-10-4-3-7-16(9-10)13-6-2-5-12(14)11(13)8-15/h2,4-6H,3,7,9H2,1H3. The molecule has 1 aliphatic rings. The number of nitriles is 1. The van der Waals surface area contributed by atoms with Crippen LogP contribution in [-0.4, -0.2) is 13.1 Å². The zero-order valence-corrected chi connectivity index (χ0v) is 9.20. The van der Waals surface area contributed by atoms with Gasteiger partial charge in [0, 0.05) is 13.1 Å². The molecule has 2 nitrogen and oxygen atoms in total. The summed E-state index contributed by atoms with van der Waals surface area (Å²) in [6, 6.07) is 6.73. The van der Waals surface area contributed by atoms with Crippen molar-refractivity contribution < 1.29 is 4.39 Å². The van der Waals surface area contributed by atoms with Crippen LogP contribution in [0, 0.1) is 17.1 Å². The molecule has 1 heterocycles. The third-order valence-electron chi connectivity index (χ3n) is 2.78. The molecule has 0 N–H and O–H groups in total. The summed E-state index contributed by atoms with van der Waals surface area (Å²) in [4.78, 5) is 2.05. The number of anilines is 1. The lowest BCUT2D eigenvalue weighted by Crippen LogP contribution is -2.29. The number of hydrogen-bond donors (Lipinski definition) is 0. The van der Waals surface area contributed by atoms with Crippen molar-refractivity contribution in [2.24, 2.45) is 0 Å². The zero-order valence-electron chi connectivity index (χ0n) is 9.20. The molecule has 0 saturated heterocycles. The predicted molar refractivity (Wildman–Crippen MR) is 61.7 cm³/mol. The fourth-order valence-corrected chi connectivity index (χ4v) is 2.00. The molecule has 0 unspecified atom stereocenters. The van der Waals surface area contributed by atoms with E-state index in [2.05, 4.69) is 17.9 Å². The monoisotopic (exact) mass is 216 g/mol. The normalized spacial score (nSPS) is 15.6. The number of halogens is 1. The summed E-state index contributed by atoms with van der Waals surface area (Å²) in [6.07, 6.45) is 3.13. The topological polar surface area (TPSA) is 27.0 Å². The van der Waals surface area contributed by atoms with Crippen molar-refractivity contribution in [3.8, 4) is 6.07 Å². The van der Waals surface area contributed by atoms with Gasteiger partial charge in [-0.05, 0) is 25.5 Å². The second-order valence-electron chi connectivity index (χ2n) is 4.01. The Morgan fingerprint density at radius 3 is 2.94 bits per heavy atom. The highest BCUT2D eigenvalue weighted by Gasteiger charge is 2.16. The van der Waals surface area contributed by atoms with Crippen LogP contribution in [0.2, 0.25) is 0 Å². The minimum atomic E-state index is -0.438. The fraction of sp³-hybridized carbons (Fsp3) is 0.308. The van der Waals surface area contributed by atoms with Gasteiger partial charge in [0.2, 0.25) is 0 Å². The van der Waals surface area contributed by atoms with Crippen molar-refractivity contribution in [2.75, 3.05) is 18.0 Å². The molecule has 1 aliphatic heterocycles. The Labute approximate surface area is 94.6 Å². The predicted octanol–water partition coefficient (Wildman–Crippen LogP) is 2.85. The van der Waals surface area contributed by atoms with Gasteiger partial charge in [-0.3, -0.25) is 0 Å². The zero-order chi connectivity index (χ0) is 11.5. The molecule has 0 radical (unpaired) electrons. The van der Waals surface area contributed by atoms with Crippen molar-refractivity contribution in [3.63, 3.8) is 0 Å². The third-order valence-corrected chi connectivity index (χ3v) is 2.78. The maximum atomic E-state index is 13.4. The van der Waals surface area contributed by atoms with Crippen molar-refractivity contribution in [3.05, 3.63) is 41.2 Å². The first kappa shape index (κ1) is 10.7.